The molecule has 0 aliphatic rings. The van der Waals surface area contributed by atoms with Gasteiger partial charge >= 0.3 is 0 Å². The summed E-state index contributed by atoms with van der Waals surface area (Å²) in [5, 5.41) is 0. The molecule has 0 saturated heterocycles. The van der Waals surface area contributed by atoms with Gasteiger partial charge in [-0.1, -0.05) is 40.3 Å². The van der Waals surface area contributed by atoms with Crippen molar-refractivity contribution in [2.24, 2.45) is 12.0 Å². The predicted molar refractivity (Wildman–Crippen MR) is 67.4 cm³/mol. The summed E-state index contributed by atoms with van der Waals surface area (Å²) in [6.07, 6.45) is 3.70. The Morgan fingerprint density at radius 1 is 1.29 bits per heavy atom. The minimum Gasteiger partial charge on any atom is -0.336 e. The van der Waals surface area contributed by atoms with Crippen LogP contribution in [-0.2, 0) is 7.05 Å². The largest absolute Gasteiger partial charge is 0.336 e. The lowest BCUT2D eigenvalue weighted by Gasteiger charge is -1.95. The summed E-state index contributed by atoms with van der Waals surface area (Å²) < 4.78 is 1.91. The van der Waals surface area contributed by atoms with Gasteiger partial charge in [-0.25, -0.2) is 4.99 Å². The first-order valence-corrected chi connectivity index (χ1v) is 5.04. The minimum atomic E-state index is 0.870. The average molecular weight is 194 g/mol. The van der Waals surface area contributed by atoms with E-state index in [9.17, 15) is 0 Å². The van der Waals surface area contributed by atoms with Crippen LogP contribution in [0.1, 0.15) is 33.3 Å². The molecule has 0 radical (unpaired) electrons. The van der Waals surface area contributed by atoms with Gasteiger partial charge in [0.2, 0.25) is 0 Å². The summed E-state index contributed by atoms with van der Waals surface area (Å²) in [5.41, 5.74) is 1.03. The third-order valence-electron chi connectivity index (χ3n) is 1.44. The molecule has 0 aliphatic heterocycles. The van der Waals surface area contributed by atoms with Gasteiger partial charge < -0.3 is 4.57 Å². The van der Waals surface area contributed by atoms with Gasteiger partial charge in [0.05, 0.1) is 0 Å². The molecule has 14 heavy (non-hydrogen) atoms. The van der Waals surface area contributed by atoms with Gasteiger partial charge in [-0.2, -0.15) is 0 Å². The van der Waals surface area contributed by atoms with E-state index < -0.39 is 0 Å². The molecule has 0 atom stereocenters. The number of hydrogen-bond donors (Lipinski definition) is 0. The molecule has 2 nitrogen and oxygen atoms in total. The molecule has 1 rings (SSSR count). The van der Waals surface area contributed by atoms with Crippen LogP contribution in [0.2, 0.25) is 0 Å². The van der Waals surface area contributed by atoms with Crippen molar-refractivity contribution in [3.63, 3.8) is 0 Å². The van der Waals surface area contributed by atoms with E-state index in [-0.39, 0.29) is 0 Å². The van der Waals surface area contributed by atoms with Crippen molar-refractivity contribution in [3.8, 4) is 0 Å². The van der Waals surface area contributed by atoms with E-state index in [0.29, 0.717) is 0 Å². The molecule has 0 fully saturated rings. The van der Waals surface area contributed by atoms with Gasteiger partial charge in [-0.15, -0.1) is 0 Å². The Balaban J connectivity index is 0. The highest BCUT2D eigenvalue weighted by atomic mass is 15.0. The van der Waals surface area contributed by atoms with Gasteiger partial charge in [0, 0.05) is 18.8 Å². The van der Waals surface area contributed by atoms with Crippen molar-refractivity contribution in [2.45, 2.75) is 27.7 Å². The average Bonchev–Trinajstić information content (AvgIpc) is 2.64. The van der Waals surface area contributed by atoms with Gasteiger partial charge in [0.25, 0.3) is 0 Å². The second-order valence-corrected chi connectivity index (χ2v) is 2.07. The highest BCUT2D eigenvalue weighted by molar-refractivity contribution is 5.62. The first-order valence-electron chi connectivity index (χ1n) is 5.04. The number of aliphatic imine (C=N–C) groups is 1. The molecule has 1 heterocycles. The van der Waals surface area contributed by atoms with Crippen LogP contribution in [0.15, 0.2) is 23.8 Å². The fourth-order valence-corrected chi connectivity index (χ4v) is 0.903. The van der Waals surface area contributed by atoms with Gasteiger partial charge in [0.1, 0.15) is 5.82 Å². The number of aromatic nitrogens is 1. The molecular weight excluding hydrogens is 172 g/mol. The molecular formula is C12H22N2. The van der Waals surface area contributed by atoms with E-state index in [0.717, 1.165) is 11.4 Å². The Morgan fingerprint density at radius 3 is 2.07 bits per heavy atom. The molecule has 0 unspecified atom stereocenters. The third kappa shape index (κ3) is 4.08. The van der Waals surface area contributed by atoms with Crippen LogP contribution in [0.3, 0.4) is 0 Å². The summed E-state index contributed by atoms with van der Waals surface area (Å²) >= 11 is 0. The SMILES string of the molecule is C=Cc1ccn(C)c1N=C.CC.CC. The van der Waals surface area contributed by atoms with E-state index >= 15 is 0 Å². The third-order valence-corrected chi connectivity index (χ3v) is 1.44. The van der Waals surface area contributed by atoms with Crippen LogP contribution in [0.5, 0.6) is 0 Å². The molecule has 1 aromatic rings. The predicted octanol–water partition coefficient (Wildman–Crippen LogP) is 4.05. The topological polar surface area (TPSA) is 17.3 Å². The zero-order chi connectivity index (χ0) is 11.6. The van der Waals surface area contributed by atoms with Crippen molar-refractivity contribution >= 4 is 18.6 Å². The minimum absolute atomic E-state index is 0.870. The summed E-state index contributed by atoms with van der Waals surface area (Å²) in [6.45, 7) is 15.1. The molecule has 0 spiro atoms. The van der Waals surface area contributed by atoms with E-state index in [1.807, 2.05) is 51.6 Å². The van der Waals surface area contributed by atoms with Crippen molar-refractivity contribution < 1.29 is 0 Å². The molecule has 0 aromatic carbocycles. The molecule has 1 aromatic heterocycles. The Labute approximate surface area is 88.0 Å². The number of aryl methyl sites for hydroxylation is 1. The molecule has 0 N–H and O–H groups in total. The maximum absolute atomic E-state index is 3.84. The zero-order valence-electron chi connectivity index (χ0n) is 10.0. The molecule has 0 bridgehead atoms. The van der Waals surface area contributed by atoms with E-state index in [4.69, 9.17) is 0 Å². The highest BCUT2D eigenvalue weighted by Crippen LogP contribution is 2.19. The maximum Gasteiger partial charge on any atom is 0.138 e. The zero-order valence-corrected chi connectivity index (χ0v) is 10.0. The van der Waals surface area contributed by atoms with Crippen molar-refractivity contribution in [1.29, 1.82) is 0 Å². The second kappa shape index (κ2) is 9.78. The molecule has 0 saturated carbocycles. The van der Waals surface area contributed by atoms with E-state index in [1.165, 1.54) is 0 Å². The first-order chi connectivity index (χ1) is 6.79. The van der Waals surface area contributed by atoms with Gasteiger partial charge in [0.15, 0.2) is 0 Å². The summed E-state index contributed by atoms with van der Waals surface area (Å²) in [5.74, 6) is 0.870. The molecule has 80 valence electrons. The summed E-state index contributed by atoms with van der Waals surface area (Å²) in [7, 11) is 1.93. The van der Waals surface area contributed by atoms with Crippen molar-refractivity contribution in [3.05, 3.63) is 24.4 Å². The lowest BCUT2D eigenvalue weighted by Crippen LogP contribution is -1.81. The second-order valence-electron chi connectivity index (χ2n) is 2.07. The lowest BCUT2D eigenvalue weighted by molar-refractivity contribution is 0.926. The molecule has 0 amide bonds. The van der Waals surface area contributed by atoms with E-state index in [2.05, 4.69) is 18.3 Å². The van der Waals surface area contributed by atoms with Crippen LogP contribution in [0, 0.1) is 0 Å². The highest BCUT2D eigenvalue weighted by Gasteiger charge is 1.98. The Bertz CT molecular complexity index is 259. The van der Waals surface area contributed by atoms with Crippen LogP contribution in [0.25, 0.3) is 6.08 Å². The van der Waals surface area contributed by atoms with Crippen LogP contribution in [-0.4, -0.2) is 11.3 Å². The maximum atomic E-state index is 3.84. The normalized spacial score (nSPS) is 7.50. The van der Waals surface area contributed by atoms with Crippen molar-refractivity contribution in [1.82, 2.24) is 4.57 Å². The quantitative estimate of drug-likeness (QED) is 0.632. The Kier molecular flexibility index (Phi) is 10.6. The molecule has 0 aliphatic carbocycles. The standard InChI is InChI=1S/C8H10N2.2C2H6/c1-4-7-5-6-10(3)8(7)9-2;2*1-2/h4-6H,1-2H2,3H3;2*1-2H3. The molecule has 2 heteroatoms. The summed E-state index contributed by atoms with van der Waals surface area (Å²) in [6, 6.07) is 1.96. The lowest BCUT2D eigenvalue weighted by atomic mass is 10.3. The monoisotopic (exact) mass is 194 g/mol. The van der Waals surface area contributed by atoms with Crippen LogP contribution >= 0.6 is 0 Å². The number of rotatable bonds is 2. The first kappa shape index (κ1) is 15.2. The van der Waals surface area contributed by atoms with Gasteiger partial charge in [-0.05, 0) is 12.8 Å². The number of hydrogen-bond acceptors (Lipinski definition) is 1. The van der Waals surface area contributed by atoms with Crippen LogP contribution in [0.4, 0.5) is 5.82 Å². The number of nitrogens with zero attached hydrogens (tertiary/aromatic N) is 2. The summed E-state index contributed by atoms with van der Waals surface area (Å²) in [4.78, 5) is 3.84. The fourth-order valence-electron chi connectivity index (χ4n) is 0.903. The Morgan fingerprint density at radius 2 is 1.79 bits per heavy atom. The van der Waals surface area contributed by atoms with Crippen molar-refractivity contribution in [2.75, 3.05) is 0 Å². The van der Waals surface area contributed by atoms with Crippen LogP contribution < -0.4 is 0 Å². The Hall–Kier alpha value is -1.31. The fraction of sp³-hybridized carbons (Fsp3) is 0.417. The van der Waals surface area contributed by atoms with E-state index in [1.54, 1.807) is 6.08 Å². The smallest absolute Gasteiger partial charge is 0.138 e. The van der Waals surface area contributed by atoms with Gasteiger partial charge in [-0.3, -0.25) is 0 Å².